The van der Waals surface area contributed by atoms with Crippen molar-refractivity contribution in [3.8, 4) is 22.6 Å². The van der Waals surface area contributed by atoms with Crippen LogP contribution in [0, 0.1) is 0 Å². The lowest BCUT2D eigenvalue weighted by Crippen LogP contribution is -2.22. The number of hydrogen-bond acceptors (Lipinski definition) is 6. The predicted molar refractivity (Wildman–Crippen MR) is 154 cm³/mol. The van der Waals surface area contributed by atoms with Crippen LogP contribution in [0.15, 0.2) is 133 Å². The molecule has 5 aromatic rings. The van der Waals surface area contributed by atoms with E-state index in [2.05, 4.69) is 64.6 Å². The average molecular weight is 498 g/mol. The molecule has 6 heteroatoms. The molecular formula is C32H27N5O. The highest BCUT2D eigenvalue weighted by Gasteiger charge is 2.18. The third-order valence-corrected chi connectivity index (χ3v) is 6.28. The van der Waals surface area contributed by atoms with Gasteiger partial charge in [0.2, 0.25) is 0 Å². The third kappa shape index (κ3) is 4.92. The van der Waals surface area contributed by atoms with Gasteiger partial charge in [-0.15, -0.1) is 0 Å². The van der Waals surface area contributed by atoms with Gasteiger partial charge in [-0.1, -0.05) is 66.7 Å². The highest BCUT2D eigenvalue weighted by Crippen LogP contribution is 2.41. The lowest BCUT2D eigenvalue weighted by molar-refractivity contribution is 0.482. The Kier molecular flexibility index (Phi) is 6.43. The molecule has 0 saturated heterocycles. The number of benzene rings is 4. The van der Waals surface area contributed by atoms with Gasteiger partial charge in [0.15, 0.2) is 0 Å². The molecule has 6 rings (SSSR count). The summed E-state index contributed by atoms with van der Waals surface area (Å²) >= 11 is 0. The van der Waals surface area contributed by atoms with Gasteiger partial charge in [-0.2, -0.15) is 5.10 Å². The number of nitrogens with zero attached hydrogens (tertiary/aromatic N) is 5. The van der Waals surface area contributed by atoms with Crippen LogP contribution in [0.5, 0.6) is 11.5 Å². The first kappa shape index (κ1) is 23.3. The van der Waals surface area contributed by atoms with Gasteiger partial charge in [0, 0.05) is 30.9 Å². The lowest BCUT2D eigenvalue weighted by atomic mass is 10.0. The van der Waals surface area contributed by atoms with Gasteiger partial charge in [-0.3, -0.25) is 4.90 Å². The molecule has 0 atom stereocenters. The smallest absolute Gasteiger partial charge is 0.137 e. The van der Waals surface area contributed by atoms with Crippen molar-refractivity contribution in [3.05, 3.63) is 128 Å². The van der Waals surface area contributed by atoms with Gasteiger partial charge >= 0.3 is 0 Å². The van der Waals surface area contributed by atoms with Crippen LogP contribution < -0.4 is 14.6 Å². The summed E-state index contributed by atoms with van der Waals surface area (Å²) in [6.45, 7) is 0.707. The van der Waals surface area contributed by atoms with Crippen LogP contribution in [0.1, 0.15) is 0 Å². The Morgan fingerprint density at radius 1 is 0.737 bits per heavy atom. The SMILES string of the molecule is CN1C=NN(c2cccc(Oc3cccc(N(c4ccccn4)c4ccccc4-c4ccccc4)c3)c2)C1. The summed E-state index contributed by atoms with van der Waals surface area (Å²) in [6, 6.07) is 40.8. The summed E-state index contributed by atoms with van der Waals surface area (Å²) in [6.07, 6.45) is 3.63. The second-order valence-corrected chi connectivity index (χ2v) is 9.03. The summed E-state index contributed by atoms with van der Waals surface area (Å²) in [5.74, 6) is 2.31. The summed E-state index contributed by atoms with van der Waals surface area (Å²) in [7, 11) is 2.00. The maximum Gasteiger partial charge on any atom is 0.137 e. The highest BCUT2D eigenvalue weighted by molar-refractivity contribution is 5.87. The molecule has 38 heavy (non-hydrogen) atoms. The van der Waals surface area contributed by atoms with E-state index in [4.69, 9.17) is 9.72 Å². The molecule has 0 aliphatic carbocycles. The summed E-state index contributed by atoms with van der Waals surface area (Å²) in [5.41, 5.74) is 5.22. The monoisotopic (exact) mass is 497 g/mol. The van der Waals surface area contributed by atoms with E-state index in [1.54, 1.807) is 0 Å². The first-order chi connectivity index (χ1) is 18.7. The van der Waals surface area contributed by atoms with Crippen molar-refractivity contribution in [2.24, 2.45) is 5.10 Å². The van der Waals surface area contributed by atoms with Crippen molar-refractivity contribution in [1.82, 2.24) is 9.88 Å². The van der Waals surface area contributed by atoms with Crippen molar-refractivity contribution in [1.29, 1.82) is 0 Å². The van der Waals surface area contributed by atoms with Crippen molar-refractivity contribution in [3.63, 3.8) is 0 Å². The number of hydrazone groups is 1. The van der Waals surface area contributed by atoms with E-state index >= 15 is 0 Å². The molecule has 2 heterocycles. The van der Waals surface area contributed by atoms with Crippen LogP contribution in [0.2, 0.25) is 0 Å². The number of anilines is 4. The zero-order valence-corrected chi connectivity index (χ0v) is 21.1. The molecule has 1 aromatic heterocycles. The summed E-state index contributed by atoms with van der Waals surface area (Å²) in [5, 5.41) is 6.37. The van der Waals surface area contributed by atoms with Crippen molar-refractivity contribution in [2.45, 2.75) is 0 Å². The quantitative estimate of drug-likeness (QED) is 0.231. The molecule has 0 saturated carbocycles. The fourth-order valence-corrected chi connectivity index (χ4v) is 4.52. The van der Waals surface area contributed by atoms with Gasteiger partial charge < -0.3 is 9.64 Å². The Morgan fingerprint density at radius 3 is 2.29 bits per heavy atom. The summed E-state index contributed by atoms with van der Waals surface area (Å²) in [4.78, 5) is 8.90. The Balaban J connectivity index is 1.37. The predicted octanol–water partition coefficient (Wildman–Crippen LogP) is 7.66. The fraction of sp³-hybridized carbons (Fsp3) is 0.0625. The zero-order valence-electron chi connectivity index (χ0n) is 21.1. The average Bonchev–Trinajstić information content (AvgIpc) is 3.41. The van der Waals surface area contributed by atoms with Crippen LogP contribution in [0.25, 0.3) is 11.1 Å². The first-order valence-electron chi connectivity index (χ1n) is 12.5. The van der Waals surface area contributed by atoms with E-state index in [1.807, 2.05) is 96.2 Å². The molecule has 6 nitrogen and oxygen atoms in total. The maximum atomic E-state index is 6.34. The van der Waals surface area contributed by atoms with Crippen LogP contribution in [0.4, 0.5) is 22.9 Å². The van der Waals surface area contributed by atoms with E-state index in [-0.39, 0.29) is 0 Å². The van der Waals surface area contributed by atoms with Gasteiger partial charge in [0.05, 0.1) is 17.1 Å². The molecule has 1 aliphatic heterocycles. The second kappa shape index (κ2) is 10.5. The molecule has 0 unspecified atom stereocenters. The molecule has 1 aliphatic rings. The number of pyridine rings is 1. The fourth-order valence-electron chi connectivity index (χ4n) is 4.52. The Bertz CT molecular complexity index is 1560. The van der Waals surface area contributed by atoms with E-state index in [0.29, 0.717) is 6.67 Å². The van der Waals surface area contributed by atoms with E-state index in [1.165, 1.54) is 0 Å². The molecule has 0 bridgehead atoms. The number of ether oxygens (including phenoxy) is 1. The molecule has 0 radical (unpaired) electrons. The molecule has 0 amide bonds. The number of para-hydroxylation sites is 1. The molecule has 0 N–H and O–H groups in total. The minimum Gasteiger partial charge on any atom is -0.457 e. The van der Waals surface area contributed by atoms with Crippen molar-refractivity contribution in [2.75, 3.05) is 23.6 Å². The number of hydrogen-bond donors (Lipinski definition) is 0. The van der Waals surface area contributed by atoms with Gasteiger partial charge in [0.1, 0.15) is 30.3 Å². The van der Waals surface area contributed by atoms with Crippen molar-refractivity contribution >= 4 is 29.2 Å². The molecule has 0 spiro atoms. The Morgan fingerprint density at radius 2 is 1.50 bits per heavy atom. The zero-order chi connectivity index (χ0) is 25.7. The number of aromatic nitrogens is 1. The lowest BCUT2D eigenvalue weighted by Gasteiger charge is -2.27. The van der Waals surface area contributed by atoms with Crippen LogP contribution in [-0.4, -0.2) is 29.9 Å². The minimum atomic E-state index is 0.707. The van der Waals surface area contributed by atoms with E-state index in [9.17, 15) is 0 Å². The Hall–Kier alpha value is -5.10. The van der Waals surface area contributed by atoms with Crippen LogP contribution in [0.3, 0.4) is 0 Å². The second-order valence-electron chi connectivity index (χ2n) is 9.03. The Labute approximate surface area is 222 Å². The first-order valence-corrected chi connectivity index (χ1v) is 12.5. The van der Waals surface area contributed by atoms with Crippen molar-refractivity contribution < 1.29 is 4.74 Å². The molecule has 186 valence electrons. The van der Waals surface area contributed by atoms with Gasteiger partial charge in [-0.25, -0.2) is 9.99 Å². The minimum absolute atomic E-state index is 0.707. The normalized spacial score (nSPS) is 12.6. The number of rotatable bonds is 7. The third-order valence-electron chi connectivity index (χ3n) is 6.28. The van der Waals surface area contributed by atoms with E-state index < -0.39 is 0 Å². The largest absolute Gasteiger partial charge is 0.457 e. The van der Waals surface area contributed by atoms with E-state index in [0.717, 1.165) is 45.5 Å². The van der Waals surface area contributed by atoms with Gasteiger partial charge in [0.25, 0.3) is 0 Å². The van der Waals surface area contributed by atoms with Crippen LogP contribution >= 0.6 is 0 Å². The molecular weight excluding hydrogens is 470 g/mol. The topological polar surface area (TPSA) is 44.2 Å². The maximum absolute atomic E-state index is 6.34. The highest BCUT2D eigenvalue weighted by atomic mass is 16.5. The summed E-state index contributed by atoms with van der Waals surface area (Å²) < 4.78 is 6.34. The van der Waals surface area contributed by atoms with Gasteiger partial charge in [-0.05, 0) is 48.0 Å². The molecule has 4 aromatic carbocycles. The molecule has 0 fully saturated rings. The van der Waals surface area contributed by atoms with Crippen LogP contribution in [-0.2, 0) is 0 Å². The standard InChI is InChI=1S/C32H27N5O/c1-35-23-34-36(24-35)26-13-9-15-28(21-26)38-29-16-10-14-27(22-29)37(32-19-7-8-20-33-32)31-18-6-5-17-30(31)25-11-3-2-4-12-25/h2-23H,24H2,1H3.